The zero-order chi connectivity index (χ0) is 23.9. The number of rotatable bonds is 10. The van der Waals surface area contributed by atoms with Crippen molar-refractivity contribution < 1.29 is 18.0 Å². The lowest BCUT2D eigenvalue weighted by atomic mass is 9.86. The fourth-order valence-electron chi connectivity index (χ4n) is 5.27. The van der Waals surface area contributed by atoms with Crippen molar-refractivity contribution in [1.82, 2.24) is 10.2 Å². The van der Waals surface area contributed by atoms with Gasteiger partial charge < -0.3 is 5.32 Å². The Hall–Kier alpha value is -2.74. The van der Waals surface area contributed by atoms with Crippen LogP contribution in [0.3, 0.4) is 0 Å². The summed E-state index contributed by atoms with van der Waals surface area (Å²) in [6.45, 7) is 3.80. The highest BCUT2D eigenvalue weighted by molar-refractivity contribution is 7.92. The van der Waals surface area contributed by atoms with Gasteiger partial charge in [-0.1, -0.05) is 18.2 Å². The Bertz CT molecular complexity index is 1200. The Labute approximate surface area is 200 Å². The number of sulfone groups is 1. The summed E-state index contributed by atoms with van der Waals surface area (Å²) in [4.78, 5) is 25.6. The smallest absolute Gasteiger partial charge is 0.233 e. The zero-order valence-electron chi connectivity index (χ0n) is 19.2. The number of ketones is 1. The van der Waals surface area contributed by atoms with Crippen LogP contribution >= 0.6 is 0 Å². The number of carbonyl (C=O) groups is 2. The van der Waals surface area contributed by atoms with Gasteiger partial charge in [-0.2, -0.15) is 5.10 Å². The third-order valence-corrected chi connectivity index (χ3v) is 9.71. The monoisotopic (exact) mass is 481 g/mol. The van der Waals surface area contributed by atoms with E-state index < -0.39 is 21.0 Å². The standard InChI is InChI=1S/C26H31N3O4S/c1-2-23(18-6-7-18)34(32,33)24-10-8-19(15-21(24)17-4-5-17)22(14-16-3-9-20(30)13-16)26(31)28-25-11-12-27-29-25/h2,8,10-12,15-18,22-23H,1,3-7,9,13-14H2,(H2,27,28,29,31)/t16-,22+,23?/m0/s1. The number of aromatic nitrogens is 2. The summed E-state index contributed by atoms with van der Waals surface area (Å²) >= 11 is 0. The third kappa shape index (κ3) is 4.73. The van der Waals surface area contributed by atoms with E-state index in [1.54, 1.807) is 30.5 Å². The van der Waals surface area contributed by atoms with E-state index in [1.165, 1.54) is 0 Å². The summed E-state index contributed by atoms with van der Waals surface area (Å²) in [5.41, 5.74) is 1.63. The Balaban J connectivity index is 1.49. The minimum atomic E-state index is -3.53. The number of hydrogen-bond donors (Lipinski definition) is 2. The largest absolute Gasteiger partial charge is 0.311 e. The summed E-state index contributed by atoms with van der Waals surface area (Å²) in [6.07, 6.45) is 9.30. The summed E-state index contributed by atoms with van der Waals surface area (Å²) in [5.74, 6) is 0.611. The number of nitrogens with one attached hydrogen (secondary N) is 2. The van der Waals surface area contributed by atoms with Crippen molar-refractivity contribution in [2.24, 2.45) is 11.8 Å². The maximum atomic E-state index is 13.5. The van der Waals surface area contributed by atoms with Gasteiger partial charge in [0.1, 0.15) is 11.6 Å². The number of nitrogens with zero attached hydrogens (tertiary/aromatic N) is 1. The van der Waals surface area contributed by atoms with Crippen LogP contribution in [0.2, 0.25) is 0 Å². The third-order valence-electron chi connectivity index (χ3n) is 7.43. The predicted molar refractivity (Wildman–Crippen MR) is 129 cm³/mol. The van der Waals surface area contributed by atoms with Crippen molar-refractivity contribution in [3.63, 3.8) is 0 Å². The quantitative estimate of drug-likeness (QED) is 0.486. The number of Topliss-reactive ketones (excluding diaryl/α,β-unsaturated/α-hetero) is 1. The average molecular weight is 482 g/mol. The second-order valence-corrected chi connectivity index (χ2v) is 12.1. The lowest BCUT2D eigenvalue weighted by molar-refractivity contribution is -0.119. The van der Waals surface area contributed by atoms with Crippen molar-refractivity contribution in [1.29, 1.82) is 0 Å². The van der Waals surface area contributed by atoms with Crippen molar-refractivity contribution in [3.05, 3.63) is 54.2 Å². The number of carbonyl (C=O) groups excluding carboxylic acids is 2. The molecule has 7 nitrogen and oxygen atoms in total. The molecule has 8 heteroatoms. The minimum absolute atomic E-state index is 0.151. The first kappa shape index (κ1) is 23.0. The molecule has 1 unspecified atom stereocenters. The number of hydrogen-bond acceptors (Lipinski definition) is 5. The molecule has 1 amide bonds. The van der Waals surface area contributed by atoms with Crippen molar-refractivity contribution in [2.45, 2.75) is 73.3 Å². The number of anilines is 1. The van der Waals surface area contributed by atoms with Gasteiger partial charge in [-0.25, -0.2) is 8.42 Å². The molecule has 3 saturated carbocycles. The van der Waals surface area contributed by atoms with E-state index in [4.69, 9.17) is 0 Å². The predicted octanol–water partition coefficient (Wildman–Crippen LogP) is 4.51. The summed E-state index contributed by atoms with van der Waals surface area (Å²) < 4.78 is 27.1. The zero-order valence-corrected chi connectivity index (χ0v) is 20.0. The first-order valence-electron chi connectivity index (χ1n) is 12.2. The van der Waals surface area contributed by atoms with Crippen LogP contribution in [0.4, 0.5) is 5.82 Å². The molecule has 0 radical (unpaired) electrons. The van der Waals surface area contributed by atoms with Crippen LogP contribution in [-0.4, -0.2) is 35.6 Å². The molecule has 3 aliphatic rings. The van der Waals surface area contributed by atoms with Gasteiger partial charge in [0.25, 0.3) is 0 Å². The fraction of sp³-hybridized carbons (Fsp3) is 0.500. The average Bonchev–Trinajstić information content (AvgIpc) is 3.73. The van der Waals surface area contributed by atoms with E-state index in [2.05, 4.69) is 22.1 Å². The summed E-state index contributed by atoms with van der Waals surface area (Å²) in [7, 11) is -3.53. The minimum Gasteiger partial charge on any atom is -0.311 e. The Morgan fingerprint density at radius 1 is 1.21 bits per heavy atom. The van der Waals surface area contributed by atoms with Gasteiger partial charge in [-0.3, -0.25) is 14.7 Å². The summed E-state index contributed by atoms with van der Waals surface area (Å²) in [5, 5.41) is 8.98. The molecule has 180 valence electrons. The SMILES string of the molecule is C=CC(C1CC1)S(=O)(=O)c1ccc([C@@H](C[C@H]2CCC(=O)C2)C(=O)Nc2ccn[nH]2)cc1C1CC1. The van der Waals surface area contributed by atoms with E-state index in [0.29, 0.717) is 30.0 Å². The molecule has 0 spiro atoms. The highest BCUT2D eigenvalue weighted by Crippen LogP contribution is 2.47. The Kier molecular flexibility index (Phi) is 6.18. The topological polar surface area (TPSA) is 109 Å². The van der Waals surface area contributed by atoms with E-state index in [-0.39, 0.29) is 29.4 Å². The number of aromatic amines is 1. The Morgan fingerprint density at radius 2 is 2.00 bits per heavy atom. The molecule has 1 heterocycles. The highest BCUT2D eigenvalue weighted by Gasteiger charge is 2.41. The molecule has 0 aliphatic heterocycles. The molecule has 3 atom stereocenters. The molecule has 0 saturated heterocycles. The van der Waals surface area contributed by atoms with E-state index in [0.717, 1.165) is 43.2 Å². The molecule has 3 fully saturated rings. The molecule has 34 heavy (non-hydrogen) atoms. The molecule has 1 aromatic heterocycles. The van der Waals surface area contributed by atoms with E-state index in [1.807, 2.05) is 6.07 Å². The second-order valence-electron chi connectivity index (χ2n) is 10.0. The molecular formula is C26H31N3O4S. The van der Waals surface area contributed by atoms with Crippen LogP contribution < -0.4 is 5.32 Å². The van der Waals surface area contributed by atoms with Gasteiger partial charge >= 0.3 is 0 Å². The molecule has 3 aliphatic carbocycles. The maximum absolute atomic E-state index is 13.5. The van der Waals surface area contributed by atoms with Crippen LogP contribution in [0.15, 0.2) is 48.0 Å². The van der Waals surface area contributed by atoms with Gasteiger partial charge in [-0.15, -0.1) is 6.58 Å². The molecular weight excluding hydrogens is 450 g/mol. The van der Waals surface area contributed by atoms with Crippen molar-refractivity contribution in [2.75, 3.05) is 5.32 Å². The van der Waals surface area contributed by atoms with E-state index in [9.17, 15) is 18.0 Å². The van der Waals surface area contributed by atoms with Crippen molar-refractivity contribution in [3.8, 4) is 0 Å². The Morgan fingerprint density at radius 3 is 2.59 bits per heavy atom. The van der Waals surface area contributed by atoms with Crippen molar-refractivity contribution >= 4 is 27.3 Å². The van der Waals surface area contributed by atoms with Crippen LogP contribution in [0.1, 0.15) is 74.3 Å². The van der Waals surface area contributed by atoms with Gasteiger partial charge in [0, 0.05) is 18.9 Å². The highest BCUT2D eigenvalue weighted by atomic mass is 32.2. The van der Waals surface area contributed by atoms with Gasteiger partial charge in [0.2, 0.25) is 5.91 Å². The van der Waals surface area contributed by atoms with Gasteiger partial charge in [-0.05, 0) is 73.5 Å². The number of benzene rings is 1. The number of H-pyrrole nitrogens is 1. The first-order chi connectivity index (χ1) is 16.4. The molecule has 0 bridgehead atoms. The van der Waals surface area contributed by atoms with Crippen LogP contribution in [0.25, 0.3) is 0 Å². The normalized spacial score (nSPS) is 22.4. The van der Waals surface area contributed by atoms with Crippen LogP contribution in [-0.2, 0) is 19.4 Å². The van der Waals surface area contributed by atoms with Gasteiger partial charge in [0.05, 0.1) is 22.3 Å². The molecule has 1 aromatic carbocycles. The first-order valence-corrected chi connectivity index (χ1v) is 13.7. The lowest BCUT2D eigenvalue weighted by Gasteiger charge is -2.22. The van der Waals surface area contributed by atoms with Crippen LogP contribution in [0, 0.1) is 11.8 Å². The molecule has 5 rings (SSSR count). The maximum Gasteiger partial charge on any atom is 0.233 e. The second kappa shape index (κ2) is 9.13. The van der Waals surface area contributed by atoms with E-state index >= 15 is 0 Å². The lowest BCUT2D eigenvalue weighted by Crippen LogP contribution is -2.25. The fourth-order valence-corrected chi connectivity index (χ4v) is 7.40. The summed E-state index contributed by atoms with van der Waals surface area (Å²) in [6, 6.07) is 7.12. The number of amides is 1. The molecule has 2 N–H and O–H groups in total. The molecule has 2 aromatic rings. The van der Waals surface area contributed by atoms with Crippen LogP contribution in [0.5, 0.6) is 0 Å². The van der Waals surface area contributed by atoms with Gasteiger partial charge in [0.15, 0.2) is 9.84 Å².